The highest BCUT2D eigenvalue weighted by Crippen LogP contribution is 2.47. The summed E-state index contributed by atoms with van der Waals surface area (Å²) in [5.74, 6) is 0.254. The van der Waals surface area contributed by atoms with Crippen LogP contribution in [0.5, 0.6) is 0 Å². The lowest BCUT2D eigenvalue weighted by Crippen LogP contribution is -2.49. The first-order valence-electron chi connectivity index (χ1n) is 16.5. The standard InChI is InChI=1S/C34H36F3N5O4S2/c1-18-13-20(31(43)41-48(44,45)33(2)11-12-33)14-27-28(18)39-32(47-27)42-22-9-10-23(42)16-21(15-22)38-17-25-29(40-46-30(25)19-7-8-19)24-5-3-4-6-26(24)34(35,36)37/h3-6,13-14,19,21-23,38H,7-12,15-17H2,1-2H3,(H,41,43). The summed E-state index contributed by atoms with van der Waals surface area (Å²) in [6, 6.07) is 9.60. The molecule has 4 aliphatic rings. The number of aromatic nitrogens is 2. The number of carbonyl (C=O) groups is 1. The number of thiazole rings is 1. The molecule has 48 heavy (non-hydrogen) atoms. The molecule has 2 saturated carbocycles. The van der Waals surface area contributed by atoms with E-state index in [1.54, 1.807) is 25.1 Å². The van der Waals surface area contributed by atoms with Gasteiger partial charge >= 0.3 is 6.18 Å². The van der Waals surface area contributed by atoms with Crippen molar-refractivity contribution in [2.45, 2.75) is 107 Å². The van der Waals surface area contributed by atoms with Crippen LogP contribution in [0, 0.1) is 6.92 Å². The third kappa shape index (κ3) is 5.59. The maximum Gasteiger partial charge on any atom is 0.417 e. The predicted molar refractivity (Wildman–Crippen MR) is 176 cm³/mol. The van der Waals surface area contributed by atoms with Crippen LogP contribution in [0.1, 0.15) is 97.0 Å². The molecule has 2 aromatic heterocycles. The highest BCUT2D eigenvalue weighted by molar-refractivity contribution is 7.91. The lowest BCUT2D eigenvalue weighted by Gasteiger charge is -2.39. The largest absolute Gasteiger partial charge is 0.417 e. The number of alkyl halides is 3. The molecule has 1 amide bonds. The van der Waals surface area contributed by atoms with Crippen LogP contribution in [-0.2, 0) is 22.7 Å². The molecular formula is C34H36F3N5O4S2. The van der Waals surface area contributed by atoms with Crippen LogP contribution in [0.3, 0.4) is 0 Å². The van der Waals surface area contributed by atoms with Crippen molar-refractivity contribution in [2.24, 2.45) is 0 Å². The third-order valence-corrected chi connectivity index (χ3v) is 13.7. The molecule has 2 bridgehead atoms. The number of rotatable bonds is 9. The molecule has 2 atom stereocenters. The molecule has 0 radical (unpaired) electrons. The number of anilines is 1. The zero-order chi connectivity index (χ0) is 33.6. The number of fused-ring (bicyclic) bond motifs is 3. The molecule has 2 unspecified atom stereocenters. The molecule has 8 rings (SSSR count). The van der Waals surface area contributed by atoms with Crippen molar-refractivity contribution >= 4 is 42.6 Å². The number of halogens is 3. The molecule has 9 nitrogen and oxygen atoms in total. The second-order valence-electron chi connectivity index (χ2n) is 14.1. The van der Waals surface area contributed by atoms with E-state index in [-0.39, 0.29) is 35.3 Å². The van der Waals surface area contributed by atoms with Crippen LogP contribution in [0.25, 0.3) is 21.5 Å². The van der Waals surface area contributed by atoms with Crippen LogP contribution in [0.2, 0.25) is 0 Å². The maximum atomic E-state index is 13.9. The molecule has 14 heteroatoms. The number of hydrogen-bond donors (Lipinski definition) is 2. The average molecular weight is 700 g/mol. The molecule has 4 fully saturated rings. The molecule has 2 aromatic carbocycles. The van der Waals surface area contributed by atoms with Crippen LogP contribution in [0.15, 0.2) is 40.9 Å². The van der Waals surface area contributed by atoms with Crippen LogP contribution in [0.4, 0.5) is 18.3 Å². The summed E-state index contributed by atoms with van der Waals surface area (Å²) in [4.78, 5) is 20.4. The molecule has 2 saturated heterocycles. The number of aryl methyl sites for hydroxylation is 1. The summed E-state index contributed by atoms with van der Waals surface area (Å²) in [6.07, 6.45) is 2.19. The summed E-state index contributed by atoms with van der Waals surface area (Å²) >= 11 is 1.51. The van der Waals surface area contributed by atoms with E-state index in [1.807, 2.05) is 6.92 Å². The molecule has 2 aliphatic heterocycles. The van der Waals surface area contributed by atoms with Gasteiger partial charge < -0.3 is 14.7 Å². The van der Waals surface area contributed by atoms with Gasteiger partial charge in [-0.25, -0.2) is 18.1 Å². The second kappa shape index (κ2) is 11.3. The fraction of sp³-hybridized carbons (Fsp3) is 0.500. The normalized spacial score (nSPS) is 23.5. The number of amides is 1. The summed E-state index contributed by atoms with van der Waals surface area (Å²) in [5.41, 5.74) is 2.20. The number of piperidine rings is 1. The van der Waals surface area contributed by atoms with Gasteiger partial charge in [-0.2, -0.15) is 13.2 Å². The summed E-state index contributed by atoms with van der Waals surface area (Å²) in [6.45, 7) is 3.90. The molecular weight excluding hydrogens is 664 g/mol. The highest BCUT2D eigenvalue weighted by atomic mass is 32.2. The Bertz CT molecular complexity index is 2020. The summed E-state index contributed by atoms with van der Waals surface area (Å²) < 4.78 is 74.9. The van der Waals surface area contributed by atoms with Crippen LogP contribution in [-0.4, -0.2) is 47.3 Å². The fourth-order valence-corrected chi connectivity index (χ4v) is 9.86. The Balaban J connectivity index is 0.992. The number of carbonyl (C=O) groups excluding carboxylic acids is 1. The molecule has 4 aromatic rings. The first-order chi connectivity index (χ1) is 22.8. The number of sulfonamides is 1. The molecule has 2 N–H and O–H groups in total. The average Bonchev–Trinajstić information content (AvgIpc) is 3.91. The van der Waals surface area contributed by atoms with Gasteiger partial charge in [0.2, 0.25) is 10.0 Å². The van der Waals surface area contributed by atoms with E-state index in [0.29, 0.717) is 36.3 Å². The van der Waals surface area contributed by atoms with E-state index in [4.69, 9.17) is 9.51 Å². The van der Waals surface area contributed by atoms with Gasteiger partial charge in [0.05, 0.1) is 20.5 Å². The summed E-state index contributed by atoms with van der Waals surface area (Å²) in [5, 5.41) is 8.71. The zero-order valence-corrected chi connectivity index (χ0v) is 28.2. The van der Waals surface area contributed by atoms with E-state index in [0.717, 1.165) is 65.5 Å². The Morgan fingerprint density at radius 3 is 2.48 bits per heavy atom. The Morgan fingerprint density at radius 1 is 1.10 bits per heavy atom. The van der Waals surface area contributed by atoms with E-state index in [2.05, 4.69) is 20.1 Å². The molecule has 254 valence electrons. The van der Waals surface area contributed by atoms with Gasteiger partial charge in [0.1, 0.15) is 11.5 Å². The van der Waals surface area contributed by atoms with Crippen LogP contribution < -0.4 is 14.9 Å². The van der Waals surface area contributed by atoms with Crippen molar-refractivity contribution < 1.29 is 30.9 Å². The van der Waals surface area contributed by atoms with Crippen molar-refractivity contribution in [1.29, 1.82) is 0 Å². The lowest BCUT2D eigenvalue weighted by molar-refractivity contribution is -0.137. The monoisotopic (exact) mass is 699 g/mol. The van der Waals surface area contributed by atoms with Gasteiger partial charge in [-0.05, 0) is 89.0 Å². The quantitative estimate of drug-likeness (QED) is 0.191. The minimum Gasteiger partial charge on any atom is -0.360 e. The number of nitrogens with one attached hydrogen (secondary N) is 2. The lowest BCUT2D eigenvalue weighted by atomic mass is 9.96. The SMILES string of the molecule is Cc1cc(C(=O)NS(=O)(=O)C2(C)CC2)cc2sc(N3C4CCC3CC(NCc3c(-c5ccccc5C(F)(F)F)noc3C3CC3)C4)nc12. The highest BCUT2D eigenvalue weighted by Gasteiger charge is 2.51. The smallest absolute Gasteiger partial charge is 0.360 e. The van der Waals surface area contributed by atoms with Gasteiger partial charge in [-0.15, -0.1) is 0 Å². The predicted octanol–water partition coefficient (Wildman–Crippen LogP) is 7.06. The van der Waals surface area contributed by atoms with Gasteiger partial charge in [0, 0.05) is 47.3 Å². The number of benzene rings is 2. The second-order valence-corrected chi connectivity index (χ2v) is 17.3. The topological polar surface area (TPSA) is 117 Å². The Kier molecular flexibility index (Phi) is 7.46. The van der Waals surface area contributed by atoms with Crippen molar-refractivity contribution in [1.82, 2.24) is 20.2 Å². The fourth-order valence-electron chi connectivity index (χ4n) is 7.39. The van der Waals surface area contributed by atoms with E-state index < -0.39 is 32.4 Å². The first-order valence-corrected chi connectivity index (χ1v) is 18.8. The number of nitrogens with zero attached hydrogens (tertiary/aromatic N) is 3. The van der Waals surface area contributed by atoms with Crippen LogP contribution >= 0.6 is 11.3 Å². The molecule has 4 heterocycles. The minimum absolute atomic E-state index is 0.0397. The Morgan fingerprint density at radius 2 is 1.81 bits per heavy atom. The van der Waals surface area contributed by atoms with E-state index in [9.17, 15) is 26.4 Å². The zero-order valence-electron chi connectivity index (χ0n) is 26.6. The van der Waals surface area contributed by atoms with E-state index in [1.165, 1.54) is 23.5 Å². The van der Waals surface area contributed by atoms with Crippen molar-refractivity contribution in [2.75, 3.05) is 4.90 Å². The van der Waals surface area contributed by atoms with E-state index >= 15 is 0 Å². The Hall–Kier alpha value is -3.49. The van der Waals surface area contributed by atoms with Gasteiger partial charge in [-0.3, -0.25) is 4.79 Å². The third-order valence-electron chi connectivity index (χ3n) is 10.5. The van der Waals surface area contributed by atoms with Crippen molar-refractivity contribution in [3.8, 4) is 11.3 Å². The van der Waals surface area contributed by atoms with Crippen molar-refractivity contribution in [3.63, 3.8) is 0 Å². The number of hydrogen-bond acceptors (Lipinski definition) is 9. The molecule has 0 spiro atoms. The first kappa shape index (κ1) is 31.8. The molecule has 2 aliphatic carbocycles. The van der Waals surface area contributed by atoms with Gasteiger partial charge in [0.25, 0.3) is 5.91 Å². The van der Waals surface area contributed by atoms with Crippen molar-refractivity contribution in [3.05, 3.63) is 64.4 Å². The maximum absolute atomic E-state index is 13.9. The minimum atomic E-state index is -4.51. The summed E-state index contributed by atoms with van der Waals surface area (Å²) in [7, 11) is -3.75. The van der Waals surface area contributed by atoms with Gasteiger partial charge in [-0.1, -0.05) is 34.7 Å². The van der Waals surface area contributed by atoms with Gasteiger partial charge in [0.15, 0.2) is 5.13 Å². The Labute approximate surface area is 280 Å².